The molecule has 0 bridgehead atoms. The number of nitrogens with two attached hydrogens (primary N) is 1. The van der Waals surface area contributed by atoms with Crippen LogP contribution in [0.15, 0.2) is 52.4 Å². The van der Waals surface area contributed by atoms with E-state index in [0.29, 0.717) is 23.5 Å². The van der Waals surface area contributed by atoms with Crippen LogP contribution in [0.1, 0.15) is 11.1 Å². The number of halogens is 1. The van der Waals surface area contributed by atoms with Crippen molar-refractivity contribution in [1.29, 1.82) is 0 Å². The number of imide groups is 1. The van der Waals surface area contributed by atoms with E-state index < -0.39 is 21.8 Å². The molecule has 2 aromatic carbocycles. The molecule has 1 aliphatic rings. The van der Waals surface area contributed by atoms with Gasteiger partial charge in [-0.05, 0) is 41.8 Å². The van der Waals surface area contributed by atoms with Crippen LogP contribution < -0.4 is 14.6 Å². The second-order valence-electron chi connectivity index (χ2n) is 6.46. The number of ether oxygens (including phenoxy) is 2. The van der Waals surface area contributed by atoms with Gasteiger partial charge in [-0.25, -0.2) is 13.6 Å². The molecule has 0 aromatic heterocycles. The Morgan fingerprint density at radius 1 is 0.967 bits per heavy atom. The highest BCUT2D eigenvalue weighted by molar-refractivity contribution is 7.89. The second kappa shape index (κ2) is 8.47. The topological polar surface area (TPSA) is 116 Å². The van der Waals surface area contributed by atoms with Gasteiger partial charge in [-0.2, -0.15) is 0 Å². The fraction of sp³-hybridized carbons (Fsp3) is 0.200. The SMILES string of the molecule is COc1ccc(C2=C(Cl)C(=O)N(CCc3ccc(S(N)(=O)=O)cc3)C2=O)cc1OC. The van der Waals surface area contributed by atoms with E-state index in [1.54, 1.807) is 30.3 Å². The summed E-state index contributed by atoms with van der Waals surface area (Å²) in [6.07, 6.45) is 0.325. The van der Waals surface area contributed by atoms with Gasteiger partial charge >= 0.3 is 0 Å². The molecule has 0 unspecified atom stereocenters. The summed E-state index contributed by atoms with van der Waals surface area (Å²) in [6.45, 7) is 0.0827. The van der Waals surface area contributed by atoms with E-state index in [2.05, 4.69) is 0 Å². The lowest BCUT2D eigenvalue weighted by Crippen LogP contribution is -2.33. The van der Waals surface area contributed by atoms with Crippen LogP contribution in [-0.4, -0.2) is 45.9 Å². The predicted octanol–water partition coefficient (Wildman–Crippen LogP) is 1.91. The number of hydrogen-bond donors (Lipinski definition) is 1. The fourth-order valence-corrected chi connectivity index (χ4v) is 3.89. The Hall–Kier alpha value is -2.88. The van der Waals surface area contributed by atoms with Crippen LogP contribution in [0.5, 0.6) is 11.5 Å². The highest BCUT2D eigenvalue weighted by Crippen LogP contribution is 2.36. The first-order valence-corrected chi connectivity index (χ1v) is 10.7. The maximum absolute atomic E-state index is 12.9. The van der Waals surface area contributed by atoms with Crippen molar-refractivity contribution in [3.63, 3.8) is 0 Å². The maximum atomic E-state index is 12.9. The number of methoxy groups -OCH3 is 2. The predicted molar refractivity (Wildman–Crippen MR) is 111 cm³/mol. The zero-order chi connectivity index (χ0) is 22.1. The number of nitrogens with zero attached hydrogens (tertiary/aromatic N) is 1. The van der Waals surface area contributed by atoms with Gasteiger partial charge in [-0.3, -0.25) is 14.5 Å². The lowest BCUT2D eigenvalue weighted by molar-refractivity contribution is -0.136. The lowest BCUT2D eigenvalue weighted by atomic mass is 10.1. The Kier molecular flexibility index (Phi) is 6.16. The molecular formula is C20H19ClN2O6S. The van der Waals surface area contributed by atoms with Crippen molar-refractivity contribution in [2.24, 2.45) is 5.14 Å². The summed E-state index contributed by atoms with van der Waals surface area (Å²) >= 11 is 6.19. The van der Waals surface area contributed by atoms with Crippen molar-refractivity contribution in [2.45, 2.75) is 11.3 Å². The number of sulfonamides is 1. The molecular weight excluding hydrogens is 432 g/mol. The summed E-state index contributed by atoms with van der Waals surface area (Å²) in [6, 6.07) is 10.7. The normalized spacial score (nSPS) is 14.5. The summed E-state index contributed by atoms with van der Waals surface area (Å²) in [5.74, 6) is -0.221. The molecule has 158 valence electrons. The smallest absolute Gasteiger partial charge is 0.273 e. The van der Waals surface area contributed by atoms with Crippen LogP contribution in [0.3, 0.4) is 0 Å². The van der Waals surface area contributed by atoms with Gasteiger partial charge in [0.1, 0.15) is 5.03 Å². The Bertz CT molecular complexity index is 1140. The van der Waals surface area contributed by atoms with Crippen LogP contribution >= 0.6 is 11.6 Å². The van der Waals surface area contributed by atoms with Crippen molar-refractivity contribution in [1.82, 2.24) is 4.90 Å². The third kappa shape index (κ3) is 4.18. The van der Waals surface area contributed by atoms with Gasteiger partial charge in [0.15, 0.2) is 11.5 Å². The van der Waals surface area contributed by atoms with Crippen LogP contribution in [0.2, 0.25) is 0 Å². The van der Waals surface area contributed by atoms with E-state index in [1.165, 1.54) is 26.4 Å². The van der Waals surface area contributed by atoms with Gasteiger partial charge in [0, 0.05) is 6.54 Å². The molecule has 0 aliphatic carbocycles. The highest BCUT2D eigenvalue weighted by atomic mass is 35.5. The summed E-state index contributed by atoms with van der Waals surface area (Å²) in [7, 11) is -0.829. The summed E-state index contributed by atoms with van der Waals surface area (Å²) in [5, 5.41) is 4.91. The Balaban J connectivity index is 1.79. The largest absolute Gasteiger partial charge is 0.493 e. The zero-order valence-corrected chi connectivity index (χ0v) is 17.8. The van der Waals surface area contributed by atoms with Gasteiger partial charge < -0.3 is 9.47 Å². The molecule has 1 heterocycles. The average molecular weight is 451 g/mol. The molecule has 10 heteroatoms. The highest BCUT2D eigenvalue weighted by Gasteiger charge is 2.38. The number of amides is 2. The van der Waals surface area contributed by atoms with Crippen LogP contribution in [0.25, 0.3) is 5.57 Å². The molecule has 8 nitrogen and oxygen atoms in total. The van der Waals surface area contributed by atoms with Gasteiger partial charge in [-0.1, -0.05) is 29.8 Å². The minimum atomic E-state index is -3.79. The Labute approximate surface area is 178 Å². The van der Waals surface area contributed by atoms with Crippen LogP contribution in [-0.2, 0) is 26.0 Å². The number of carbonyl (C=O) groups is 2. The molecule has 0 radical (unpaired) electrons. The van der Waals surface area contributed by atoms with Gasteiger partial charge in [0.2, 0.25) is 10.0 Å². The first kappa shape index (κ1) is 21.8. The number of benzene rings is 2. The molecule has 2 N–H and O–H groups in total. The Morgan fingerprint density at radius 3 is 2.17 bits per heavy atom. The lowest BCUT2D eigenvalue weighted by Gasteiger charge is -2.15. The van der Waals surface area contributed by atoms with Crippen molar-refractivity contribution in [3.8, 4) is 11.5 Å². The van der Waals surface area contributed by atoms with E-state index in [9.17, 15) is 18.0 Å². The third-order valence-electron chi connectivity index (χ3n) is 4.66. The standard InChI is InChI=1S/C20H19ClN2O6S/c1-28-15-8-5-13(11-16(15)29-2)17-18(21)20(25)23(19(17)24)10-9-12-3-6-14(7-4-12)30(22,26)27/h3-8,11H,9-10H2,1-2H3,(H2,22,26,27). The first-order chi connectivity index (χ1) is 14.2. The molecule has 0 atom stereocenters. The summed E-state index contributed by atoms with van der Waals surface area (Å²) < 4.78 is 33.1. The molecule has 1 aliphatic heterocycles. The molecule has 3 rings (SSSR count). The fourth-order valence-electron chi connectivity index (χ4n) is 3.08. The number of primary sulfonamides is 1. The van der Waals surface area contributed by atoms with Gasteiger partial charge in [0.05, 0.1) is 24.7 Å². The molecule has 0 fully saturated rings. The first-order valence-electron chi connectivity index (χ1n) is 8.77. The van der Waals surface area contributed by atoms with Crippen molar-refractivity contribution < 1.29 is 27.5 Å². The molecule has 2 aromatic rings. The van der Waals surface area contributed by atoms with Gasteiger partial charge in [-0.15, -0.1) is 0 Å². The van der Waals surface area contributed by atoms with E-state index in [1.807, 2.05) is 0 Å². The second-order valence-corrected chi connectivity index (χ2v) is 8.40. The Morgan fingerprint density at radius 2 is 1.60 bits per heavy atom. The van der Waals surface area contributed by atoms with E-state index in [0.717, 1.165) is 10.5 Å². The number of hydrogen-bond acceptors (Lipinski definition) is 6. The van der Waals surface area contributed by atoms with E-state index in [-0.39, 0.29) is 22.0 Å². The van der Waals surface area contributed by atoms with Crippen molar-refractivity contribution in [3.05, 3.63) is 58.6 Å². The summed E-state index contributed by atoms with van der Waals surface area (Å²) in [5.41, 5.74) is 1.27. The van der Waals surface area contributed by atoms with Gasteiger partial charge in [0.25, 0.3) is 11.8 Å². The average Bonchev–Trinajstić information content (AvgIpc) is 2.94. The minimum Gasteiger partial charge on any atom is -0.493 e. The zero-order valence-electron chi connectivity index (χ0n) is 16.2. The van der Waals surface area contributed by atoms with E-state index in [4.69, 9.17) is 26.2 Å². The van der Waals surface area contributed by atoms with E-state index >= 15 is 0 Å². The van der Waals surface area contributed by atoms with Crippen molar-refractivity contribution >= 4 is 39.0 Å². The maximum Gasteiger partial charge on any atom is 0.273 e. The summed E-state index contributed by atoms with van der Waals surface area (Å²) in [4.78, 5) is 26.5. The third-order valence-corrected chi connectivity index (χ3v) is 5.94. The molecule has 30 heavy (non-hydrogen) atoms. The molecule has 0 saturated carbocycles. The molecule has 2 amide bonds. The quantitative estimate of drug-likeness (QED) is 0.644. The minimum absolute atomic E-state index is 0.0139. The number of rotatable bonds is 7. The molecule has 0 saturated heterocycles. The van der Waals surface area contributed by atoms with Crippen LogP contribution in [0, 0.1) is 0 Å². The van der Waals surface area contributed by atoms with Crippen molar-refractivity contribution in [2.75, 3.05) is 20.8 Å². The molecule has 0 spiro atoms. The van der Waals surface area contributed by atoms with Crippen LogP contribution in [0.4, 0.5) is 0 Å². The monoisotopic (exact) mass is 450 g/mol. The number of carbonyl (C=O) groups excluding carboxylic acids is 2.